The molecule has 1 saturated heterocycles. The van der Waals surface area contributed by atoms with Crippen molar-refractivity contribution >= 4 is 29.2 Å². The topological polar surface area (TPSA) is 134 Å². The minimum atomic E-state index is -0.547. The normalized spacial score (nSPS) is 14.4. The highest BCUT2D eigenvalue weighted by Crippen LogP contribution is 2.28. The van der Waals surface area contributed by atoms with Crippen molar-refractivity contribution in [2.45, 2.75) is 12.8 Å². The zero-order chi connectivity index (χ0) is 22.7. The first-order chi connectivity index (χ1) is 15.4. The van der Waals surface area contributed by atoms with Gasteiger partial charge in [-0.25, -0.2) is 24.4 Å². The molecule has 1 aliphatic heterocycles. The summed E-state index contributed by atoms with van der Waals surface area (Å²) < 4.78 is 12.4. The highest BCUT2D eigenvalue weighted by Gasteiger charge is 2.23. The van der Waals surface area contributed by atoms with Gasteiger partial charge in [0.05, 0.1) is 25.6 Å². The van der Waals surface area contributed by atoms with Gasteiger partial charge in [-0.15, -0.1) is 5.10 Å². The van der Waals surface area contributed by atoms with Gasteiger partial charge in [0.15, 0.2) is 17.3 Å². The first-order valence-corrected chi connectivity index (χ1v) is 10.4. The molecule has 4 heterocycles. The number of nitrogen functional groups attached to an aromatic ring is 1. The van der Waals surface area contributed by atoms with E-state index < -0.39 is 5.97 Å². The zero-order valence-corrected chi connectivity index (χ0v) is 18.5. The molecular formula is C20H23ClN8O3. The number of nitrogens with two attached hydrogens (primary N) is 1. The predicted octanol–water partition coefficient (Wildman–Crippen LogP) is 1.98. The summed E-state index contributed by atoms with van der Waals surface area (Å²) in [7, 11) is 3.11. The minimum absolute atomic E-state index is 0.0137. The van der Waals surface area contributed by atoms with Gasteiger partial charge >= 0.3 is 5.97 Å². The molecule has 3 aromatic heterocycles. The zero-order valence-electron chi connectivity index (χ0n) is 17.7. The molecule has 0 radical (unpaired) electrons. The van der Waals surface area contributed by atoms with Crippen LogP contribution in [0.3, 0.4) is 0 Å². The molecule has 0 atom stereocenters. The van der Waals surface area contributed by atoms with E-state index in [9.17, 15) is 4.79 Å². The molecule has 1 fully saturated rings. The number of carbonyl (C=O) groups excluding carboxylic acids is 1. The van der Waals surface area contributed by atoms with Gasteiger partial charge in [0.2, 0.25) is 5.28 Å². The SMILES string of the molecule is COC(=O)c1cc(N2CCC(COc3cc(-c4cnnn4C)cnc3N)CC2)nc(Cl)n1. The first kappa shape index (κ1) is 21.8. The van der Waals surface area contributed by atoms with Gasteiger partial charge in [-0.1, -0.05) is 5.21 Å². The molecule has 168 valence electrons. The van der Waals surface area contributed by atoms with Crippen LogP contribution in [0.1, 0.15) is 23.3 Å². The summed E-state index contributed by atoms with van der Waals surface area (Å²) in [5.74, 6) is 1.28. The summed E-state index contributed by atoms with van der Waals surface area (Å²) in [5, 5.41) is 7.85. The number of esters is 1. The van der Waals surface area contributed by atoms with Gasteiger partial charge in [-0.2, -0.15) is 0 Å². The van der Waals surface area contributed by atoms with E-state index in [0.29, 0.717) is 29.9 Å². The molecule has 0 aliphatic carbocycles. The molecule has 0 spiro atoms. The van der Waals surface area contributed by atoms with E-state index in [1.165, 1.54) is 7.11 Å². The molecule has 3 aromatic rings. The van der Waals surface area contributed by atoms with E-state index >= 15 is 0 Å². The van der Waals surface area contributed by atoms with Crippen LogP contribution in [0.4, 0.5) is 11.6 Å². The summed E-state index contributed by atoms with van der Waals surface area (Å²) in [4.78, 5) is 26.3. The second-order valence-corrected chi connectivity index (χ2v) is 7.80. The van der Waals surface area contributed by atoms with Crippen LogP contribution in [0.25, 0.3) is 11.3 Å². The largest absolute Gasteiger partial charge is 0.489 e. The molecule has 4 rings (SSSR count). The molecule has 0 saturated carbocycles. The lowest BCUT2D eigenvalue weighted by Gasteiger charge is -2.32. The Morgan fingerprint density at radius 1 is 1.25 bits per heavy atom. The van der Waals surface area contributed by atoms with Gasteiger partial charge in [0, 0.05) is 38.0 Å². The van der Waals surface area contributed by atoms with Crippen LogP contribution in [0.2, 0.25) is 5.28 Å². The first-order valence-electron chi connectivity index (χ1n) is 10.1. The monoisotopic (exact) mass is 458 g/mol. The van der Waals surface area contributed by atoms with E-state index in [0.717, 1.165) is 37.2 Å². The Kier molecular flexibility index (Phi) is 6.35. The number of anilines is 2. The van der Waals surface area contributed by atoms with Gasteiger partial charge in [-0.05, 0) is 36.4 Å². The third-order valence-electron chi connectivity index (χ3n) is 5.38. The lowest BCUT2D eigenvalue weighted by molar-refractivity contribution is 0.0594. The van der Waals surface area contributed by atoms with Crippen LogP contribution in [0.5, 0.6) is 5.75 Å². The Balaban J connectivity index is 1.37. The molecule has 0 bridgehead atoms. The number of hydrogen-bond acceptors (Lipinski definition) is 10. The van der Waals surface area contributed by atoms with Crippen LogP contribution in [-0.4, -0.2) is 62.7 Å². The number of ether oxygens (including phenoxy) is 2. The van der Waals surface area contributed by atoms with Crippen molar-refractivity contribution in [3.8, 4) is 17.0 Å². The predicted molar refractivity (Wildman–Crippen MR) is 117 cm³/mol. The fourth-order valence-corrected chi connectivity index (χ4v) is 3.75. The number of halogens is 1. The highest BCUT2D eigenvalue weighted by molar-refractivity contribution is 6.28. The van der Waals surface area contributed by atoms with E-state index in [1.807, 2.05) is 13.1 Å². The molecule has 11 nitrogen and oxygen atoms in total. The van der Waals surface area contributed by atoms with Gasteiger partial charge in [0.25, 0.3) is 0 Å². The number of pyridine rings is 1. The number of nitrogens with zero attached hydrogens (tertiary/aromatic N) is 7. The summed E-state index contributed by atoms with van der Waals surface area (Å²) >= 11 is 5.99. The number of aromatic nitrogens is 6. The summed E-state index contributed by atoms with van der Waals surface area (Å²) in [6, 6.07) is 3.45. The number of carbonyl (C=O) groups is 1. The molecule has 0 aromatic carbocycles. The molecule has 12 heteroatoms. The number of hydrogen-bond donors (Lipinski definition) is 1. The number of methoxy groups -OCH3 is 1. The Labute approximate surface area is 189 Å². The van der Waals surface area contributed by atoms with E-state index in [-0.39, 0.29) is 11.0 Å². The van der Waals surface area contributed by atoms with Gasteiger partial charge in [0.1, 0.15) is 5.82 Å². The maximum absolute atomic E-state index is 11.8. The Hall–Kier alpha value is -3.47. The van der Waals surface area contributed by atoms with Crippen molar-refractivity contribution in [2.24, 2.45) is 13.0 Å². The maximum atomic E-state index is 11.8. The molecule has 0 unspecified atom stereocenters. The summed E-state index contributed by atoms with van der Waals surface area (Å²) in [5.41, 5.74) is 7.81. The third-order valence-corrected chi connectivity index (χ3v) is 5.55. The Bertz CT molecular complexity index is 1110. The number of rotatable bonds is 6. The van der Waals surface area contributed by atoms with E-state index in [4.69, 9.17) is 26.8 Å². The van der Waals surface area contributed by atoms with Crippen LogP contribution in [0.15, 0.2) is 24.5 Å². The fourth-order valence-electron chi connectivity index (χ4n) is 3.58. The van der Waals surface area contributed by atoms with Crippen molar-refractivity contribution in [1.82, 2.24) is 29.9 Å². The van der Waals surface area contributed by atoms with Crippen molar-refractivity contribution in [2.75, 3.05) is 37.4 Å². The fraction of sp³-hybridized carbons (Fsp3) is 0.400. The van der Waals surface area contributed by atoms with Crippen LogP contribution < -0.4 is 15.4 Å². The third kappa shape index (κ3) is 4.72. The lowest BCUT2D eigenvalue weighted by atomic mass is 9.98. The molecule has 32 heavy (non-hydrogen) atoms. The van der Waals surface area contributed by atoms with Crippen LogP contribution in [-0.2, 0) is 11.8 Å². The minimum Gasteiger partial charge on any atom is -0.489 e. The number of piperidine rings is 1. The maximum Gasteiger partial charge on any atom is 0.356 e. The van der Waals surface area contributed by atoms with E-state index in [2.05, 4.69) is 30.2 Å². The van der Waals surface area contributed by atoms with Crippen molar-refractivity contribution < 1.29 is 14.3 Å². The summed E-state index contributed by atoms with van der Waals surface area (Å²) in [6.45, 7) is 2.01. The molecule has 2 N–H and O–H groups in total. The second kappa shape index (κ2) is 9.35. The second-order valence-electron chi connectivity index (χ2n) is 7.46. The van der Waals surface area contributed by atoms with Crippen molar-refractivity contribution in [3.05, 3.63) is 35.5 Å². The summed E-state index contributed by atoms with van der Waals surface area (Å²) in [6.07, 6.45) is 5.11. The Morgan fingerprint density at radius 2 is 2.03 bits per heavy atom. The highest BCUT2D eigenvalue weighted by atomic mass is 35.5. The van der Waals surface area contributed by atoms with Gasteiger partial charge in [-0.3, -0.25) is 0 Å². The quantitative estimate of drug-likeness (QED) is 0.431. The average Bonchev–Trinajstić information content (AvgIpc) is 3.23. The van der Waals surface area contributed by atoms with Crippen molar-refractivity contribution in [1.29, 1.82) is 0 Å². The van der Waals surface area contributed by atoms with Crippen LogP contribution in [0, 0.1) is 5.92 Å². The van der Waals surface area contributed by atoms with E-state index in [1.54, 1.807) is 23.1 Å². The Morgan fingerprint density at radius 3 is 2.72 bits per heavy atom. The van der Waals surface area contributed by atoms with Crippen molar-refractivity contribution in [3.63, 3.8) is 0 Å². The van der Waals surface area contributed by atoms with Crippen LogP contribution >= 0.6 is 11.6 Å². The standard InChI is InChI=1S/C20H23ClN8O3/c1-28-15(10-24-27-28)13-7-16(18(22)23-9-13)32-11-12-3-5-29(6-4-12)17-8-14(19(30)31-2)25-20(21)26-17/h7-10,12H,3-6,11H2,1-2H3,(H2,22,23). The number of aryl methyl sites for hydroxylation is 1. The lowest BCUT2D eigenvalue weighted by Crippen LogP contribution is -2.36. The molecule has 0 amide bonds. The smallest absolute Gasteiger partial charge is 0.356 e. The van der Waals surface area contributed by atoms with Gasteiger partial charge < -0.3 is 20.1 Å². The molecule has 1 aliphatic rings. The average molecular weight is 459 g/mol. The molecular weight excluding hydrogens is 436 g/mol.